The van der Waals surface area contributed by atoms with Gasteiger partial charge >= 0.3 is 0 Å². The van der Waals surface area contributed by atoms with Crippen LogP contribution < -0.4 is 0 Å². The summed E-state index contributed by atoms with van der Waals surface area (Å²) in [5.41, 5.74) is 3.32. The van der Waals surface area contributed by atoms with Crippen LogP contribution in [0.2, 0.25) is 0 Å². The fourth-order valence-electron chi connectivity index (χ4n) is 3.48. The van der Waals surface area contributed by atoms with E-state index in [1.165, 1.54) is 5.52 Å². The van der Waals surface area contributed by atoms with Gasteiger partial charge in [-0.1, -0.05) is 12.1 Å². The Hall–Kier alpha value is -2.14. The van der Waals surface area contributed by atoms with Crippen LogP contribution in [0.3, 0.4) is 0 Å². The number of benzene rings is 1. The number of fused-ring (bicyclic) bond motifs is 1. The molecule has 1 saturated heterocycles. The van der Waals surface area contributed by atoms with Crippen molar-refractivity contribution < 1.29 is 4.79 Å². The summed E-state index contributed by atoms with van der Waals surface area (Å²) in [5, 5.41) is 4.08. The number of rotatable bonds is 3. The number of aryl methyl sites for hydroxylation is 1. The van der Waals surface area contributed by atoms with Gasteiger partial charge in [-0.2, -0.15) is 11.3 Å². The van der Waals surface area contributed by atoms with Gasteiger partial charge in [0.25, 0.3) is 0 Å². The fraction of sp³-hybridized carbons (Fsp3) is 0.333. The quantitative estimate of drug-likeness (QED) is 0.740. The number of imidazole rings is 1. The molecule has 4 nitrogen and oxygen atoms in total. The molecule has 0 saturated carbocycles. The number of hydrogen-bond acceptors (Lipinski definition) is 3. The number of para-hydroxylation sites is 2. The van der Waals surface area contributed by atoms with Crippen LogP contribution in [0, 0.1) is 6.92 Å². The van der Waals surface area contributed by atoms with Gasteiger partial charge in [0.1, 0.15) is 5.82 Å². The summed E-state index contributed by atoms with van der Waals surface area (Å²) < 4.78 is 2.30. The third-order valence-corrected chi connectivity index (χ3v) is 5.32. The Morgan fingerprint density at radius 2 is 2.22 bits per heavy atom. The second kappa shape index (κ2) is 5.81. The van der Waals surface area contributed by atoms with E-state index in [9.17, 15) is 4.79 Å². The predicted octanol–water partition coefficient (Wildman–Crippen LogP) is 3.42. The third kappa shape index (κ3) is 2.65. The maximum absolute atomic E-state index is 12.5. The molecule has 1 aromatic carbocycles. The van der Waals surface area contributed by atoms with E-state index in [2.05, 4.69) is 27.9 Å². The highest BCUT2D eigenvalue weighted by atomic mass is 32.1. The van der Waals surface area contributed by atoms with Gasteiger partial charge in [-0.3, -0.25) is 4.79 Å². The van der Waals surface area contributed by atoms with Crippen molar-refractivity contribution in [3.63, 3.8) is 0 Å². The SMILES string of the molecule is Cc1nc2ccccc2n1[C@@H]1CCN(C(=O)Cc2ccsc2)C1. The summed E-state index contributed by atoms with van der Waals surface area (Å²) in [6.45, 7) is 3.67. The molecule has 3 aromatic rings. The highest BCUT2D eigenvalue weighted by molar-refractivity contribution is 7.08. The second-order valence-corrected chi connectivity index (χ2v) is 6.89. The molecule has 1 fully saturated rings. The minimum Gasteiger partial charge on any atom is -0.340 e. The van der Waals surface area contributed by atoms with Crippen molar-refractivity contribution in [1.29, 1.82) is 0 Å². The van der Waals surface area contributed by atoms with Crippen LogP contribution in [0.5, 0.6) is 0 Å². The zero-order chi connectivity index (χ0) is 15.8. The molecule has 0 spiro atoms. The molecule has 1 amide bonds. The first-order valence-corrected chi connectivity index (χ1v) is 8.89. The molecule has 4 rings (SSSR count). The lowest BCUT2D eigenvalue weighted by atomic mass is 10.2. The van der Waals surface area contributed by atoms with Crippen molar-refractivity contribution in [2.75, 3.05) is 13.1 Å². The normalized spacial score (nSPS) is 18.0. The molecule has 0 bridgehead atoms. The van der Waals surface area contributed by atoms with Gasteiger partial charge in [0.05, 0.1) is 23.5 Å². The summed E-state index contributed by atoms with van der Waals surface area (Å²) in [6, 6.07) is 10.6. The van der Waals surface area contributed by atoms with Crippen LogP contribution in [-0.4, -0.2) is 33.4 Å². The number of likely N-dealkylation sites (tertiary alicyclic amines) is 1. The van der Waals surface area contributed by atoms with E-state index in [-0.39, 0.29) is 5.91 Å². The number of amides is 1. The minimum atomic E-state index is 0.230. The largest absolute Gasteiger partial charge is 0.340 e. The number of thiophene rings is 1. The molecule has 0 unspecified atom stereocenters. The first-order valence-electron chi connectivity index (χ1n) is 7.95. The van der Waals surface area contributed by atoms with Gasteiger partial charge in [-0.15, -0.1) is 0 Å². The fourth-order valence-corrected chi connectivity index (χ4v) is 4.15. The van der Waals surface area contributed by atoms with E-state index >= 15 is 0 Å². The summed E-state index contributed by atoms with van der Waals surface area (Å²) in [6.07, 6.45) is 1.51. The van der Waals surface area contributed by atoms with Crippen LogP contribution in [0.4, 0.5) is 0 Å². The molecule has 1 aliphatic rings. The average Bonchev–Trinajstić information content (AvgIpc) is 3.25. The monoisotopic (exact) mass is 325 g/mol. The van der Waals surface area contributed by atoms with E-state index < -0.39 is 0 Å². The Morgan fingerprint density at radius 1 is 1.35 bits per heavy atom. The predicted molar refractivity (Wildman–Crippen MR) is 92.7 cm³/mol. The third-order valence-electron chi connectivity index (χ3n) is 4.59. The van der Waals surface area contributed by atoms with Crippen LogP contribution in [0.1, 0.15) is 23.9 Å². The number of carbonyl (C=O) groups is 1. The van der Waals surface area contributed by atoms with Crippen molar-refractivity contribution >= 4 is 28.3 Å². The van der Waals surface area contributed by atoms with Crippen molar-refractivity contribution in [2.45, 2.75) is 25.8 Å². The zero-order valence-electron chi connectivity index (χ0n) is 13.1. The number of hydrogen-bond donors (Lipinski definition) is 0. The minimum absolute atomic E-state index is 0.230. The Kier molecular flexibility index (Phi) is 3.65. The zero-order valence-corrected chi connectivity index (χ0v) is 13.9. The Bertz CT molecular complexity index is 837. The van der Waals surface area contributed by atoms with E-state index in [1.807, 2.05) is 34.5 Å². The molecular weight excluding hydrogens is 306 g/mol. The number of aromatic nitrogens is 2. The van der Waals surface area contributed by atoms with Crippen LogP contribution >= 0.6 is 11.3 Å². The van der Waals surface area contributed by atoms with Gasteiger partial charge < -0.3 is 9.47 Å². The summed E-state index contributed by atoms with van der Waals surface area (Å²) >= 11 is 1.64. The first-order chi connectivity index (χ1) is 11.2. The van der Waals surface area contributed by atoms with Gasteiger partial charge in [-0.25, -0.2) is 4.98 Å². The summed E-state index contributed by atoms with van der Waals surface area (Å²) in [7, 11) is 0. The first kappa shape index (κ1) is 14.5. The van der Waals surface area contributed by atoms with Crippen molar-refractivity contribution in [1.82, 2.24) is 14.5 Å². The Morgan fingerprint density at radius 3 is 3.04 bits per heavy atom. The molecule has 1 atom stereocenters. The van der Waals surface area contributed by atoms with Crippen molar-refractivity contribution in [2.24, 2.45) is 0 Å². The molecular formula is C18H19N3OS. The molecule has 0 radical (unpaired) electrons. The standard InChI is InChI=1S/C18H19N3OS/c1-13-19-16-4-2-3-5-17(16)21(13)15-6-8-20(11-15)18(22)10-14-7-9-23-12-14/h2-5,7,9,12,15H,6,8,10-11H2,1H3/t15-/m1/s1. The smallest absolute Gasteiger partial charge is 0.227 e. The van der Waals surface area contributed by atoms with E-state index in [1.54, 1.807) is 11.3 Å². The Balaban J connectivity index is 1.53. The average molecular weight is 325 g/mol. The summed E-state index contributed by atoms with van der Waals surface area (Å²) in [4.78, 5) is 19.1. The number of nitrogens with zero attached hydrogens (tertiary/aromatic N) is 3. The topological polar surface area (TPSA) is 38.1 Å². The van der Waals surface area contributed by atoms with Gasteiger partial charge in [-0.05, 0) is 47.9 Å². The van der Waals surface area contributed by atoms with E-state index in [4.69, 9.17) is 0 Å². The van der Waals surface area contributed by atoms with Crippen LogP contribution in [-0.2, 0) is 11.2 Å². The molecule has 0 aliphatic carbocycles. The van der Waals surface area contributed by atoms with Crippen LogP contribution in [0.15, 0.2) is 41.1 Å². The molecule has 1 aliphatic heterocycles. The van der Waals surface area contributed by atoms with Gasteiger partial charge in [0, 0.05) is 13.1 Å². The van der Waals surface area contributed by atoms with E-state index in [0.717, 1.165) is 36.4 Å². The molecule has 5 heteroatoms. The molecule has 3 heterocycles. The highest BCUT2D eigenvalue weighted by Gasteiger charge is 2.29. The van der Waals surface area contributed by atoms with Crippen molar-refractivity contribution in [3.8, 4) is 0 Å². The molecule has 23 heavy (non-hydrogen) atoms. The van der Waals surface area contributed by atoms with Gasteiger partial charge in [0.15, 0.2) is 0 Å². The Labute approximate surface area is 139 Å². The highest BCUT2D eigenvalue weighted by Crippen LogP contribution is 2.28. The molecule has 118 valence electrons. The lowest BCUT2D eigenvalue weighted by Gasteiger charge is -2.18. The van der Waals surface area contributed by atoms with Crippen LogP contribution in [0.25, 0.3) is 11.0 Å². The van der Waals surface area contributed by atoms with Crippen molar-refractivity contribution in [3.05, 3.63) is 52.5 Å². The molecule has 2 aromatic heterocycles. The maximum Gasteiger partial charge on any atom is 0.227 e. The molecule has 0 N–H and O–H groups in total. The summed E-state index contributed by atoms with van der Waals surface area (Å²) in [5.74, 6) is 1.26. The number of carbonyl (C=O) groups excluding carboxylic acids is 1. The lowest BCUT2D eigenvalue weighted by molar-refractivity contribution is -0.129. The van der Waals surface area contributed by atoms with Gasteiger partial charge in [0.2, 0.25) is 5.91 Å². The van der Waals surface area contributed by atoms with E-state index in [0.29, 0.717) is 12.5 Å². The lowest BCUT2D eigenvalue weighted by Crippen LogP contribution is -2.30. The maximum atomic E-state index is 12.5. The second-order valence-electron chi connectivity index (χ2n) is 6.11.